The van der Waals surface area contributed by atoms with Gasteiger partial charge in [0.05, 0.1) is 22.9 Å². The van der Waals surface area contributed by atoms with Crippen molar-refractivity contribution in [1.82, 2.24) is 15.6 Å². The maximum Gasteiger partial charge on any atom is 0.418 e. The quantitative estimate of drug-likeness (QED) is 0.454. The lowest BCUT2D eigenvalue weighted by atomic mass is 9.98. The molecule has 2 aromatic carbocycles. The summed E-state index contributed by atoms with van der Waals surface area (Å²) < 4.78 is 79.4. The average molecular weight is 467 g/mol. The van der Waals surface area contributed by atoms with E-state index in [1.165, 1.54) is 0 Å². The van der Waals surface area contributed by atoms with Gasteiger partial charge in [0, 0.05) is 12.7 Å². The van der Waals surface area contributed by atoms with Gasteiger partial charge in [-0.3, -0.25) is 4.98 Å². The van der Waals surface area contributed by atoms with Crippen LogP contribution in [0.5, 0.6) is 0 Å². The molecule has 2 N–H and O–H groups in total. The van der Waals surface area contributed by atoms with Crippen LogP contribution in [0.4, 0.5) is 31.1 Å². The second kappa shape index (κ2) is 9.93. The highest BCUT2D eigenvalue weighted by atomic mass is 19.4. The van der Waals surface area contributed by atoms with E-state index in [0.717, 1.165) is 48.2 Å². The summed E-state index contributed by atoms with van der Waals surface area (Å²) in [6.45, 7) is 0.198. The first kappa shape index (κ1) is 24.1. The Morgan fingerprint density at radius 1 is 0.848 bits per heavy atom. The Labute approximate surface area is 185 Å². The van der Waals surface area contributed by atoms with E-state index >= 15 is 0 Å². The van der Waals surface area contributed by atoms with Crippen molar-refractivity contribution in [3.63, 3.8) is 0 Å². The van der Waals surface area contributed by atoms with Gasteiger partial charge in [0.15, 0.2) is 0 Å². The highest BCUT2D eigenvalue weighted by molar-refractivity contribution is 5.75. The van der Waals surface area contributed by atoms with Crippen LogP contribution in [0.15, 0.2) is 72.9 Å². The molecule has 0 fully saturated rings. The summed E-state index contributed by atoms with van der Waals surface area (Å²) >= 11 is 0. The van der Waals surface area contributed by atoms with Gasteiger partial charge in [0.25, 0.3) is 0 Å². The Kier molecular flexibility index (Phi) is 7.25. The Balaban J connectivity index is 1.86. The van der Waals surface area contributed by atoms with Crippen molar-refractivity contribution in [2.24, 2.45) is 0 Å². The molecule has 0 aliphatic heterocycles. The van der Waals surface area contributed by atoms with Crippen LogP contribution >= 0.6 is 0 Å². The second-order valence-electron chi connectivity index (χ2n) is 7.12. The first-order valence-corrected chi connectivity index (χ1v) is 9.83. The minimum absolute atomic E-state index is 0.0189. The average Bonchev–Trinajstić information content (AvgIpc) is 2.77. The summed E-state index contributed by atoms with van der Waals surface area (Å²) in [6, 6.07) is 12.4. The van der Waals surface area contributed by atoms with Gasteiger partial charge in [-0.05, 0) is 41.8 Å². The van der Waals surface area contributed by atoms with E-state index in [9.17, 15) is 31.1 Å². The van der Waals surface area contributed by atoms with Crippen LogP contribution in [-0.2, 0) is 18.8 Å². The van der Waals surface area contributed by atoms with Crippen LogP contribution in [0.2, 0.25) is 0 Å². The molecule has 2 amide bonds. The van der Waals surface area contributed by atoms with Gasteiger partial charge in [0.2, 0.25) is 0 Å². The SMILES string of the molecule is O=C(NCCc1ccccc1)N[C@@H](c1ccc(C(F)(F)F)cc1)c1ncccc1C(F)(F)F. The minimum atomic E-state index is -4.78. The fourth-order valence-corrected chi connectivity index (χ4v) is 3.21. The number of aromatic nitrogens is 1. The highest BCUT2D eigenvalue weighted by Crippen LogP contribution is 2.36. The van der Waals surface area contributed by atoms with E-state index in [1.54, 1.807) is 0 Å². The molecule has 10 heteroatoms. The van der Waals surface area contributed by atoms with Crippen LogP contribution in [0.1, 0.15) is 34.0 Å². The number of nitrogens with one attached hydrogen (secondary N) is 2. The van der Waals surface area contributed by atoms with Crippen LogP contribution in [-0.4, -0.2) is 17.6 Å². The predicted octanol–water partition coefficient (Wildman–Crippen LogP) is 5.75. The van der Waals surface area contributed by atoms with Crippen molar-refractivity contribution >= 4 is 6.03 Å². The fraction of sp³-hybridized carbons (Fsp3) is 0.217. The van der Waals surface area contributed by atoms with E-state index in [4.69, 9.17) is 0 Å². The first-order chi connectivity index (χ1) is 15.6. The minimum Gasteiger partial charge on any atom is -0.338 e. The fourth-order valence-electron chi connectivity index (χ4n) is 3.21. The second-order valence-corrected chi connectivity index (χ2v) is 7.12. The molecule has 1 heterocycles. The first-order valence-electron chi connectivity index (χ1n) is 9.83. The number of carbonyl (C=O) groups excluding carboxylic acids is 1. The molecule has 3 aromatic rings. The molecule has 0 aliphatic rings. The molecule has 3 rings (SSSR count). The van der Waals surface area contributed by atoms with Crippen LogP contribution in [0, 0.1) is 0 Å². The molecule has 0 radical (unpaired) electrons. The molecule has 33 heavy (non-hydrogen) atoms. The number of pyridine rings is 1. The van der Waals surface area contributed by atoms with Crippen LogP contribution in [0.3, 0.4) is 0 Å². The normalized spacial score (nSPS) is 12.8. The van der Waals surface area contributed by atoms with Crippen LogP contribution in [0.25, 0.3) is 0 Å². The lowest BCUT2D eigenvalue weighted by Crippen LogP contribution is -2.40. The molecular formula is C23H19F6N3O. The maximum atomic E-state index is 13.6. The number of hydrogen-bond acceptors (Lipinski definition) is 2. The number of benzene rings is 2. The number of amides is 2. The van der Waals surface area contributed by atoms with Gasteiger partial charge in [-0.1, -0.05) is 42.5 Å². The zero-order valence-corrected chi connectivity index (χ0v) is 17.0. The monoisotopic (exact) mass is 467 g/mol. The summed E-state index contributed by atoms with van der Waals surface area (Å²) in [4.78, 5) is 16.3. The number of halogens is 6. The molecular weight excluding hydrogens is 448 g/mol. The van der Waals surface area contributed by atoms with E-state index in [2.05, 4.69) is 15.6 Å². The number of alkyl halides is 6. The zero-order chi connectivity index (χ0) is 24.1. The Hall–Kier alpha value is -3.56. The van der Waals surface area contributed by atoms with Gasteiger partial charge >= 0.3 is 18.4 Å². The lowest BCUT2D eigenvalue weighted by Gasteiger charge is -2.23. The topological polar surface area (TPSA) is 54.0 Å². The molecule has 4 nitrogen and oxygen atoms in total. The molecule has 0 spiro atoms. The summed E-state index contributed by atoms with van der Waals surface area (Å²) in [6.07, 6.45) is -7.79. The molecule has 0 aliphatic carbocycles. The molecule has 0 saturated carbocycles. The van der Waals surface area contributed by atoms with E-state index in [-0.39, 0.29) is 12.1 Å². The van der Waals surface area contributed by atoms with E-state index in [0.29, 0.717) is 6.42 Å². The van der Waals surface area contributed by atoms with Gasteiger partial charge in [-0.15, -0.1) is 0 Å². The summed E-state index contributed by atoms with van der Waals surface area (Å²) in [5, 5.41) is 4.97. The van der Waals surface area contributed by atoms with Crippen molar-refractivity contribution in [1.29, 1.82) is 0 Å². The van der Waals surface area contributed by atoms with Gasteiger partial charge in [0.1, 0.15) is 0 Å². The standard InChI is InChI=1S/C23H19F6N3O/c24-22(25,26)17-10-8-16(9-11-17)19(20-18(23(27,28)29)7-4-13-30-20)32-21(33)31-14-12-15-5-2-1-3-6-15/h1-11,13,19H,12,14H2,(H2,31,32,33)/t19-/m0/s1. The van der Waals surface area contributed by atoms with Crippen molar-refractivity contribution < 1.29 is 31.1 Å². The molecule has 0 unspecified atom stereocenters. The Morgan fingerprint density at radius 3 is 2.12 bits per heavy atom. The number of urea groups is 1. The third kappa shape index (κ3) is 6.47. The van der Waals surface area contributed by atoms with Gasteiger partial charge in [-0.2, -0.15) is 26.3 Å². The van der Waals surface area contributed by atoms with Crippen LogP contribution < -0.4 is 10.6 Å². The molecule has 0 saturated heterocycles. The van der Waals surface area contributed by atoms with Crippen molar-refractivity contribution in [3.05, 3.63) is 101 Å². The molecule has 0 bridgehead atoms. The van der Waals surface area contributed by atoms with E-state index in [1.807, 2.05) is 30.3 Å². The van der Waals surface area contributed by atoms with Crippen molar-refractivity contribution in [3.8, 4) is 0 Å². The third-order valence-electron chi connectivity index (χ3n) is 4.81. The number of nitrogens with zero attached hydrogens (tertiary/aromatic N) is 1. The Morgan fingerprint density at radius 2 is 1.52 bits per heavy atom. The Bertz CT molecular complexity index is 1070. The number of carbonyl (C=O) groups is 1. The van der Waals surface area contributed by atoms with Crippen molar-refractivity contribution in [2.75, 3.05) is 6.54 Å². The van der Waals surface area contributed by atoms with Gasteiger partial charge in [-0.25, -0.2) is 4.79 Å². The zero-order valence-electron chi connectivity index (χ0n) is 17.0. The molecule has 1 aromatic heterocycles. The third-order valence-corrected chi connectivity index (χ3v) is 4.81. The largest absolute Gasteiger partial charge is 0.418 e. The molecule has 174 valence electrons. The van der Waals surface area contributed by atoms with Gasteiger partial charge < -0.3 is 10.6 Å². The summed E-state index contributed by atoms with van der Waals surface area (Å²) in [5.74, 6) is 0. The highest BCUT2D eigenvalue weighted by Gasteiger charge is 2.37. The number of rotatable bonds is 6. The van der Waals surface area contributed by atoms with E-state index < -0.39 is 41.2 Å². The summed E-state index contributed by atoms with van der Waals surface area (Å²) in [5.41, 5.74) is -1.62. The smallest absolute Gasteiger partial charge is 0.338 e. The maximum absolute atomic E-state index is 13.6. The van der Waals surface area contributed by atoms with Crippen molar-refractivity contribution in [2.45, 2.75) is 24.8 Å². The lowest BCUT2D eigenvalue weighted by molar-refractivity contribution is -0.139. The predicted molar refractivity (Wildman–Crippen MR) is 109 cm³/mol. The molecule has 1 atom stereocenters. The number of hydrogen-bond donors (Lipinski definition) is 2. The summed E-state index contributed by atoms with van der Waals surface area (Å²) in [7, 11) is 0.